The molecule has 0 radical (unpaired) electrons. The third kappa shape index (κ3) is 4.36. The Labute approximate surface area is 173 Å². The van der Waals surface area contributed by atoms with Crippen LogP contribution in [0, 0.1) is 0 Å². The SMILES string of the molecule is CCc1cc2c(N3CCN(C=CC(=O)Sc4ccccc4)CC3)ncnc2s1. The van der Waals surface area contributed by atoms with Crippen LogP contribution in [0.15, 0.2) is 59.9 Å². The summed E-state index contributed by atoms with van der Waals surface area (Å²) in [5.41, 5.74) is 0. The van der Waals surface area contributed by atoms with Crippen molar-refractivity contribution in [2.24, 2.45) is 0 Å². The maximum Gasteiger partial charge on any atom is 0.218 e. The zero-order chi connectivity index (χ0) is 19.3. The molecule has 0 N–H and O–H groups in total. The highest BCUT2D eigenvalue weighted by Crippen LogP contribution is 2.31. The van der Waals surface area contributed by atoms with Crippen molar-refractivity contribution in [2.75, 3.05) is 31.1 Å². The van der Waals surface area contributed by atoms with Gasteiger partial charge in [0.15, 0.2) is 0 Å². The number of carbonyl (C=O) groups is 1. The fraction of sp³-hybridized carbons (Fsp3) is 0.286. The highest BCUT2D eigenvalue weighted by Gasteiger charge is 2.19. The molecule has 5 nitrogen and oxygen atoms in total. The Morgan fingerprint density at radius 2 is 1.96 bits per heavy atom. The molecule has 28 heavy (non-hydrogen) atoms. The van der Waals surface area contributed by atoms with Crippen LogP contribution >= 0.6 is 23.1 Å². The number of nitrogens with zero attached hydrogens (tertiary/aromatic N) is 4. The quantitative estimate of drug-likeness (QED) is 0.464. The number of piperazine rings is 1. The van der Waals surface area contributed by atoms with Gasteiger partial charge in [0, 0.05) is 48.2 Å². The van der Waals surface area contributed by atoms with E-state index < -0.39 is 0 Å². The lowest BCUT2D eigenvalue weighted by atomic mass is 10.2. The highest BCUT2D eigenvalue weighted by molar-refractivity contribution is 8.14. The Kier molecular flexibility index (Phi) is 5.92. The average molecular weight is 411 g/mol. The summed E-state index contributed by atoms with van der Waals surface area (Å²) in [5, 5.41) is 1.21. The molecule has 3 aromatic rings. The van der Waals surface area contributed by atoms with Gasteiger partial charge in [-0.05, 0) is 36.4 Å². The maximum atomic E-state index is 12.1. The number of thioether (sulfide) groups is 1. The number of hydrogen-bond donors (Lipinski definition) is 0. The molecule has 2 aromatic heterocycles. The Hall–Kier alpha value is -2.38. The van der Waals surface area contributed by atoms with Gasteiger partial charge in [-0.25, -0.2) is 9.97 Å². The molecule has 1 aliphatic rings. The van der Waals surface area contributed by atoms with Gasteiger partial charge >= 0.3 is 0 Å². The number of aryl methyl sites for hydroxylation is 1. The van der Waals surface area contributed by atoms with E-state index in [4.69, 9.17) is 0 Å². The van der Waals surface area contributed by atoms with E-state index in [1.54, 1.807) is 23.7 Å². The summed E-state index contributed by atoms with van der Waals surface area (Å²) in [4.78, 5) is 29.0. The fourth-order valence-corrected chi connectivity index (χ4v) is 4.79. The number of fused-ring (bicyclic) bond motifs is 1. The number of carbonyl (C=O) groups excluding carboxylic acids is 1. The molecular formula is C21H22N4OS2. The predicted molar refractivity (Wildman–Crippen MR) is 117 cm³/mol. The Morgan fingerprint density at radius 1 is 1.18 bits per heavy atom. The van der Waals surface area contributed by atoms with Crippen molar-refractivity contribution in [3.8, 4) is 0 Å². The number of aromatic nitrogens is 2. The van der Waals surface area contributed by atoms with Crippen LogP contribution < -0.4 is 4.90 Å². The number of rotatable bonds is 5. The monoisotopic (exact) mass is 410 g/mol. The van der Waals surface area contributed by atoms with Crippen LogP contribution in [0.25, 0.3) is 10.2 Å². The molecule has 1 aromatic carbocycles. The molecule has 3 heterocycles. The van der Waals surface area contributed by atoms with Gasteiger partial charge in [-0.1, -0.05) is 25.1 Å². The molecule has 4 rings (SSSR count). The molecule has 0 amide bonds. The van der Waals surface area contributed by atoms with Crippen molar-refractivity contribution in [1.82, 2.24) is 14.9 Å². The van der Waals surface area contributed by atoms with Crippen LogP contribution in [-0.4, -0.2) is 46.2 Å². The lowest BCUT2D eigenvalue weighted by Gasteiger charge is -2.34. The summed E-state index contributed by atoms with van der Waals surface area (Å²) in [6, 6.07) is 12.0. The van der Waals surface area contributed by atoms with Gasteiger partial charge < -0.3 is 9.80 Å². The molecular weight excluding hydrogens is 388 g/mol. The van der Waals surface area contributed by atoms with Crippen molar-refractivity contribution in [3.05, 3.63) is 59.9 Å². The van der Waals surface area contributed by atoms with E-state index in [0.717, 1.165) is 53.5 Å². The third-order valence-electron chi connectivity index (χ3n) is 4.70. The number of anilines is 1. The minimum Gasteiger partial charge on any atom is -0.374 e. The van der Waals surface area contributed by atoms with Crippen molar-refractivity contribution in [2.45, 2.75) is 18.2 Å². The Bertz CT molecular complexity index is 978. The van der Waals surface area contributed by atoms with Crippen molar-refractivity contribution in [3.63, 3.8) is 0 Å². The first-order valence-electron chi connectivity index (χ1n) is 9.40. The largest absolute Gasteiger partial charge is 0.374 e. The van der Waals surface area contributed by atoms with Crippen LogP contribution in [0.1, 0.15) is 11.8 Å². The summed E-state index contributed by atoms with van der Waals surface area (Å²) >= 11 is 3.01. The number of thiophene rings is 1. The first-order valence-corrected chi connectivity index (χ1v) is 11.0. The van der Waals surface area contributed by atoms with E-state index in [1.807, 2.05) is 36.5 Å². The van der Waals surface area contributed by atoms with E-state index in [2.05, 4.69) is 32.8 Å². The molecule has 1 saturated heterocycles. The zero-order valence-corrected chi connectivity index (χ0v) is 17.4. The zero-order valence-electron chi connectivity index (χ0n) is 15.7. The first-order chi connectivity index (χ1) is 13.7. The Morgan fingerprint density at radius 3 is 2.71 bits per heavy atom. The van der Waals surface area contributed by atoms with E-state index in [-0.39, 0.29) is 5.12 Å². The predicted octanol–water partition coefficient (Wildman–Crippen LogP) is 4.21. The number of benzene rings is 1. The molecule has 0 saturated carbocycles. The average Bonchev–Trinajstić information content (AvgIpc) is 3.17. The summed E-state index contributed by atoms with van der Waals surface area (Å²) in [6.45, 7) is 5.67. The molecule has 0 spiro atoms. The van der Waals surface area contributed by atoms with Gasteiger partial charge in [0.05, 0.1) is 5.39 Å². The summed E-state index contributed by atoms with van der Waals surface area (Å²) < 4.78 is 0. The van der Waals surface area contributed by atoms with E-state index in [9.17, 15) is 4.79 Å². The molecule has 0 bridgehead atoms. The fourth-order valence-electron chi connectivity index (χ4n) is 3.21. The topological polar surface area (TPSA) is 49.3 Å². The molecule has 0 unspecified atom stereocenters. The van der Waals surface area contributed by atoms with Gasteiger partial charge in [0.2, 0.25) is 5.12 Å². The van der Waals surface area contributed by atoms with Crippen molar-refractivity contribution >= 4 is 44.2 Å². The summed E-state index contributed by atoms with van der Waals surface area (Å²) in [5.74, 6) is 1.03. The van der Waals surface area contributed by atoms with Crippen LogP contribution in [-0.2, 0) is 11.2 Å². The van der Waals surface area contributed by atoms with Gasteiger partial charge in [-0.3, -0.25) is 4.79 Å². The van der Waals surface area contributed by atoms with Crippen molar-refractivity contribution in [1.29, 1.82) is 0 Å². The minimum absolute atomic E-state index is 0.0523. The van der Waals surface area contributed by atoms with Crippen LogP contribution in [0.2, 0.25) is 0 Å². The van der Waals surface area contributed by atoms with Gasteiger partial charge in [0.25, 0.3) is 0 Å². The second kappa shape index (κ2) is 8.75. The molecule has 0 atom stereocenters. The van der Waals surface area contributed by atoms with Crippen LogP contribution in [0.4, 0.5) is 5.82 Å². The van der Waals surface area contributed by atoms with Crippen LogP contribution in [0.3, 0.4) is 0 Å². The number of hydrogen-bond acceptors (Lipinski definition) is 7. The molecule has 0 aliphatic carbocycles. The normalized spacial score (nSPS) is 14.9. The second-order valence-corrected chi connectivity index (χ2v) is 8.75. The van der Waals surface area contributed by atoms with Gasteiger partial charge in [-0.2, -0.15) is 0 Å². The molecule has 144 valence electrons. The lowest BCUT2D eigenvalue weighted by Crippen LogP contribution is -2.44. The molecule has 1 aliphatic heterocycles. The lowest BCUT2D eigenvalue weighted by molar-refractivity contribution is -0.107. The van der Waals surface area contributed by atoms with Crippen molar-refractivity contribution < 1.29 is 4.79 Å². The third-order valence-corrected chi connectivity index (χ3v) is 6.74. The highest BCUT2D eigenvalue weighted by atomic mass is 32.2. The first kappa shape index (κ1) is 19.0. The van der Waals surface area contributed by atoms with Gasteiger partial charge in [-0.15, -0.1) is 11.3 Å². The summed E-state index contributed by atoms with van der Waals surface area (Å²) in [6.07, 6.45) is 6.28. The van der Waals surface area contributed by atoms with E-state index in [1.165, 1.54) is 16.6 Å². The minimum atomic E-state index is 0.0523. The maximum absolute atomic E-state index is 12.1. The smallest absolute Gasteiger partial charge is 0.218 e. The second-order valence-electron chi connectivity index (χ2n) is 6.56. The summed E-state index contributed by atoms with van der Waals surface area (Å²) in [7, 11) is 0. The van der Waals surface area contributed by atoms with Crippen LogP contribution in [0.5, 0.6) is 0 Å². The van der Waals surface area contributed by atoms with E-state index in [0.29, 0.717) is 0 Å². The molecule has 7 heteroatoms. The molecule has 1 fully saturated rings. The standard InChI is InChI=1S/C21H22N4OS2/c1-2-16-14-18-20(22-15-23-21(18)28-16)25-12-10-24(11-13-25)9-8-19(26)27-17-6-4-3-5-7-17/h3-9,14-15H,2,10-13H2,1H3. The van der Waals surface area contributed by atoms with Gasteiger partial charge in [0.1, 0.15) is 17.0 Å². The Balaban J connectivity index is 1.36. The van der Waals surface area contributed by atoms with E-state index >= 15 is 0 Å².